The van der Waals surface area contributed by atoms with E-state index in [2.05, 4.69) is 21.0 Å². The second-order valence-electron chi connectivity index (χ2n) is 9.92. The highest BCUT2D eigenvalue weighted by Crippen LogP contribution is 2.38. The van der Waals surface area contributed by atoms with Gasteiger partial charge in [-0.1, -0.05) is 59.7 Å². The highest BCUT2D eigenvalue weighted by atomic mass is 16.2. The number of hydrogen-bond donors (Lipinski definition) is 3. The molecule has 1 aliphatic heterocycles. The molecule has 1 atom stereocenters. The molecule has 0 saturated carbocycles. The Kier molecular flexibility index (Phi) is 6.59. The van der Waals surface area contributed by atoms with Crippen LogP contribution in [-0.2, 0) is 4.79 Å². The maximum atomic E-state index is 13.8. The van der Waals surface area contributed by atoms with Crippen LogP contribution in [0.1, 0.15) is 51.1 Å². The molecular formula is C31H31N5O2. The molecule has 7 nitrogen and oxygen atoms in total. The lowest BCUT2D eigenvalue weighted by Gasteiger charge is -2.30. The number of allylic oxidation sites excluding steroid dienone is 1. The summed E-state index contributed by atoms with van der Waals surface area (Å²) in [5, 5.41) is 13.9. The molecule has 0 spiro atoms. The number of aromatic nitrogens is 2. The first-order valence-electron chi connectivity index (χ1n) is 12.6. The Morgan fingerprint density at radius 1 is 0.816 bits per heavy atom. The van der Waals surface area contributed by atoms with E-state index in [0.717, 1.165) is 33.5 Å². The molecule has 2 amide bonds. The van der Waals surface area contributed by atoms with Gasteiger partial charge in [-0.05, 0) is 69.5 Å². The molecule has 3 N–H and O–H groups in total. The summed E-state index contributed by atoms with van der Waals surface area (Å²) < 4.78 is 1.72. The Hall–Kier alpha value is -4.65. The van der Waals surface area contributed by atoms with Crippen LogP contribution < -0.4 is 16.0 Å². The number of nitrogens with one attached hydrogen (secondary N) is 3. The van der Waals surface area contributed by atoms with Crippen molar-refractivity contribution in [3.8, 4) is 0 Å². The average Bonchev–Trinajstić information content (AvgIpc) is 3.29. The van der Waals surface area contributed by atoms with E-state index >= 15 is 0 Å². The zero-order chi connectivity index (χ0) is 27.0. The van der Waals surface area contributed by atoms with Crippen molar-refractivity contribution in [2.75, 3.05) is 16.0 Å². The minimum atomic E-state index is -0.516. The lowest BCUT2D eigenvalue weighted by molar-refractivity contribution is -0.113. The summed E-state index contributed by atoms with van der Waals surface area (Å²) in [6.45, 7) is 9.86. The summed E-state index contributed by atoms with van der Waals surface area (Å²) in [6.07, 6.45) is 1.55. The van der Waals surface area contributed by atoms with Gasteiger partial charge in [0.25, 0.3) is 11.8 Å². The second-order valence-corrected chi connectivity index (χ2v) is 9.92. The molecule has 1 aromatic heterocycles. The normalized spacial score (nSPS) is 14.5. The van der Waals surface area contributed by atoms with Gasteiger partial charge >= 0.3 is 0 Å². The molecule has 0 fully saturated rings. The molecule has 0 aliphatic carbocycles. The fourth-order valence-corrected chi connectivity index (χ4v) is 4.84. The molecular weight excluding hydrogens is 474 g/mol. The van der Waals surface area contributed by atoms with Crippen molar-refractivity contribution < 1.29 is 9.59 Å². The summed E-state index contributed by atoms with van der Waals surface area (Å²) in [5.74, 6) is 0.0451. The summed E-state index contributed by atoms with van der Waals surface area (Å²) >= 11 is 0. The number of carbonyl (C=O) groups excluding carboxylic acids is 2. The highest BCUT2D eigenvalue weighted by molar-refractivity contribution is 6.09. The summed E-state index contributed by atoms with van der Waals surface area (Å²) in [6, 6.07) is 21.1. The van der Waals surface area contributed by atoms with E-state index in [9.17, 15) is 9.59 Å². The van der Waals surface area contributed by atoms with Crippen LogP contribution in [0.4, 0.5) is 17.2 Å². The minimum Gasteiger partial charge on any atom is -0.343 e. The number of fused-ring (bicyclic) bond motifs is 1. The number of nitrogens with zero attached hydrogens (tertiary/aromatic N) is 2. The van der Waals surface area contributed by atoms with Gasteiger partial charge in [0.2, 0.25) is 0 Å². The van der Waals surface area contributed by atoms with Crippen molar-refractivity contribution in [1.29, 1.82) is 0 Å². The smallest absolute Gasteiger partial charge is 0.261 e. The van der Waals surface area contributed by atoms with Gasteiger partial charge in [0.05, 0.1) is 11.8 Å². The predicted molar refractivity (Wildman–Crippen MR) is 152 cm³/mol. The monoisotopic (exact) mass is 505 g/mol. The van der Waals surface area contributed by atoms with Crippen LogP contribution in [-0.4, -0.2) is 21.6 Å². The van der Waals surface area contributed by atoms with Crippen LogP contribution in [0.2, 0.25) is 0 Å². The van der Waals surface area contributed by atoms with Crippen LogP contribution in [0.25, 0.3) is 0 Å². The average molecular weight is 506 g/mol. The van der Waals surface area contributed by atoms with Gasteiger partial charge in [-0.15, -0.1) is 0 Å². The number of amides is 2. The molecule has 0 saturated heterocycles. The largest absolute Gasteiger partial charge is 0.343 e. The molecule has 38 heavy (non-hydrogen) atoms. The molecule has 192 valence electrons. The van der Waals surface area contributed by atoms with Crippen molar-refractivity contribution >= 4 is 29.0 Å². The van der Waals surface area contributed by atoms with Crippen LogP contribution in [0.15, 0.2) is 84.2 Å². The van der Waals surface area contributed by atoms with E-state index in [1.54, 1.807) is 10.9 Å². The Morgan fingerprint density at radius 3 is 2.24 bits per heavy atom. The fourth-order valence-electron chi connectivity index (χ4n) is 4.84. The van der Waals surface area contributed by atoms with Crippen molar-refractivity contribution in [2.45, 2.75) is 40.7 Å². The Labute approximate surface area is 222 Å². The Balaban J connectivity index is 1.54. The molecule has 0 radical (unpaired) electrons. The minimum absolute atomic E-state index is 0.223. The standard InChI is InChI=1S/C31H31N5O2/c1-18-9-12-23(13-10-18)28-27(31(38)35-26-14-11-20(3)15-21(26)4)22(5)33-29-25(17-32-36(28)29)30(37)34-24-8-6-7-19(2)16-24/h6-17,28,33H,1-5H3,(H,34,37)(H,35,38)/t28-/m1/s1. The molecule has 3 aromatic carbocycles. The Bertz CT molecular complexity index is 1580. The van der Waals surface area contributed by atoms with E-state index in [0.29, 0.717) is 28.3 Å². The van der Waals surface area contributed by atoms with E-state index in [1.807, 2.05) is 101 Å². The van der Waals surface area contributed by atoms with Gasteiger partial charge < -0.3 is 16.0 Å². The third kappa shape index (κ3) is 4.83. The van der Waals surface area contributed by atoms with Crippen molar-refractivity contribution in [1.82, 2.24) is 9.78 Å². The van der Waals surface area contributed by atoms with Crippen LogP contribution in [0.3, 0.4) is 0 Å². The van der Waals surface area contributed by atoms with Gasteiger partial charge in [0, 0.05) is 17.1 Å². The molecule has 5 rings (SSSR count). The zero-order valence-electron chi connectivity index (χ0n) is 22.2. The zero-order valence-corrected chi connectivity index (χ0v) is 22.2. The van der Waals surface area contributed by atoms with E-state index in [1.165, 1.54) is 0 Å². The summed E-state index contributed by atoms with van der Waals surface area (Å²) in [7, 11) is 0. The number of anilines is 3. The van der Waals surface area contributed by atoms with E-state index < -0.39 is 6.04 Å². The Morgan fingerprint density at radius 2 is 1.53 bits per heavy atom. The lowest BCUT2D eigenvalue weighted by Crippen LogP contribution is -2.32. The van der Waals surface area contributed by atoms with E-state index in [4.69, 9.17) is 0 Å². The van der Waals surface area contributed by atoms with Crippen LogP contribution >= 0.6 is 0 Å². The first-order valence-corrected chi connectivity index (χ1v) is 12.6. The molecule has 1 aliphatic rings. The van der Waals surface area contributed by atoms with Crippen molar-refractivity contribution in [3.63, 3.8) is 0 Å². The van der Waals surface area contributed by atoms with Crippen molar-refractivity contribution in [2.24, 2.45) is 0 Å². The van der Waals surface area contributed by atoms with Crippen molar-refractivity contribution in [3.05, 3.63) is 118 Å². The van der Waals surface area contributed by atoms with E-state index in [-0.39, 0.29) is 11.8 Å². The molecule has 0 bridgehead atoms. The van der Waals surface area contributed by atoms with Gasteiger partial charge in [-0.2, -0.15) is 5.10 Å². The molecule has 4 aromatic rings. The SMILES string of the molecule is CC1=C(C(=O)Nc2ccc(C)cc2C)[C@@H](c2ccc(C)cc2)n2ncc(C(=O)Nc3cccc(C)c3)c2N1. The molecule has 0 unspecified atom stereocenters. The number of rotatable bonds is 5. The second kappa shape index (κ2) is 10.0. The number of hydrogen-bond acceptors (Lipinski definition) is 4. The predicted octanol–water partition coefficient (Wildman–Crippen LogP) is 6.30. The first kappa shape index (κ1) is 25.0. The number of carbonyl (C=O) groups is 2. The number of benzene rings is 3. The number of aryl methyl sites for hydroxylation is 4. The van der Waals surface area contributed by atoms with Gasteiger partial charge in [0.15, 0.2) is 0 Å². The van der Waals surface area contributed by atoms with Crippen LogP contribution in [0.5, 0.6) is 0 Å². The third-order valence-corrected chi connectivity index (χ3v) is 6.81. The highest BCUT2D eigenvalue weighted by Gasteiger charge is 2.35. The fraction of sp³-hybridized carbons (Fsp3) is 0.194. The maximum Gasteiger partial charge on any atom is 0.261 e. The summed E-state index contributed by atoms with van der Waals surface area (Å²) in [5.41, 5.74) is 8.25. The molecule has 7 heteroatoms. The maximum absolute atomic E-state index is 13.8. The summed E-state index contributed by atoms with van der Waals surface area (Å²) in [4.78, 5) is 27.0. The van der Waals surface area contributed by atoms with Gasteiger partial charge in [-0.25, -0.2) is 4.68 Å². The van der Waals surface area contributed by atoms with Crippen LogP contribution in [0, 0.1) is 27.7 Å². The third-order valence-electron chi connectivity index (χ3n) is 6.81. The lowest BCUT2D eigenvalue weighted by atomic mass is 9.93. The topological polar surface area (TPSA) is 88.0 Å². The van der Waals surface area contributed by atoms with Gasteiger partial charge in [-0.3, -0.25) is 9.59 Å². The first-order chi connectivity index (χ1) is 18.2. The van der Waals surface area contributed by atoms with Gasteiger partial charge in [0.1, 0.15) is 17.4 Å². The molecule has 2 heterocycles. The quantitative estimate of drug-likeness (QED) is 0.297.